The highest BCUT2D eigenvalue weighted by molar-refractivity contribution is 5.74. The first-order chi connectivity index (χ1) is 11.7. The van der Waals surface area contributed by atoms with Crippen LogP contribution in [0.3, 0.4) is 0 Å². The van der Waals surface area contributed by atoms with E-state index in [0.717, 1.165) is 47.9 Å². The molecule has 1 nitrogen and oxygen atoms in total. The topological polar surface area (TPSA) is 9.23 Å². The number of hydrogen-bond acceptors (Lipinski definition) is 1. The van der Waals surface area contributed by atoms with E-state index in [1.807, 2.05) is 25.1 Å². The molecule has 3 heteroatoms. The zero-order valence-electron chi connectivity index (χ0n) is 14.4. The van der Waals surface area contributed by atoms with Crippen molar-refractivity contribution in [1.29, 1.82) is 0 Å². The fourth-order valence-electron chi connectivity index (χ4n) is 3.54. The molecule has 0 saturated carbocycles. The molecule has 1 aliphatic rings. The first kappa shape index (κ1) is 16.9. The molecule has 0 unspecified atom stereocenters. The lowest BCUT2D eigenvalue weighted by Crippen LogP contribution is -2.11. The predicted octanol–water partition coefficient (Wildman–Crippen LogP) is 5.86. The zero-order chi connectivity index (χ0) is 17.1. The Bertz CT molecular complexity index is 737. The SMILES string of the molecule is CCCCCc1ccc2c(c1F)CCc1c-2ccc(OCC)c1F. The highest BCUT2D eigenvalue weighted by Gasteiger charge is 2.24. The van der Waals surface area contributed by atoms with Crippen LogP contribution in [0.1, 0.15) is 49.8 Å². The highest BCUT2D eigenvalue weighted by Crippen LogP contribution is 2.39. The van der Waals surface area contributed by atoms with Crippen LogP contribution in [0, 0.1) is 11.6 Å². The molecule has 0 atom stereocenters. The number of benzene rings is 2. The van der Waals surface area contributed by atoms with E-state index in [9.17, 15) is 8.78 Å². The Hall–Kier alpha value is -1.90. The van der Waals surface area contributed by atoms with Gasteiger partial charge in [0.25, 0.3) is 0 Å². The highest BCUT2D eigenvalue weighted by atomic mass is 19.1. The maximum absolute atomic E-state index is 14.9. The van der Waals surface area contributed by atoms with Crippen molar-refractivity contribution in [3.05, 3.63) is 52.6 Å². The van der Waals surface area contributed by atoms with Crippen LogP contribution >= 0.6 is 0 Å². The molecule has 0 saturated heterocycles. The van der Waals surface area contributed by atoms with Crippen molar-refractivity contribution >= 4 is 0 Å². The van der Waals surface area contributed by atoms with Crippen LogP contribution in [0.4, 0.5) is 8.78 Å². The molecule has 0 aromatic heterocycles. The van der Waals surface area contributed by atoms with Crippen molar-refractivity contribution in [1.82, 2.24) is 0 Å². The van der Waals surface area contributed by atoms with E-state index in [1.165, 1.54) is 0 Å². The minimum atomic E-state index is -0.299. The Morgan fingerprint density at radius 2 is 1.54 bits per heavy atom. The molecule has 2 aromatic rings. The molecule has 2 aromatic carbocycles. The number of aryl methyl sites for hydroxylation is 1. The van der Waals surface area contributed by atoms with Gasteiger partial charge in [-0.2, -0.15) is 0 Å². The van der Waals surface area contributed by atoms with Gasteiger partial charge in [-0.1, -0.05) is 38.0 Å². The third-order valence-corrected chi connectivity index (χ3v) is 4.80. The number of rotatable bonds is 6. The fourth-order valence-corrected chi connectivity index (χ4v) is 3.54. The molecule has 0 fully saturated rings. The third kappa shape index (κ3) is 3.04. The average Bonchev–Trinajstić information content (AvgIpc) is 2.59. The van der Waals surface area contributed by atoms with Crippen LogP contribution in [0.15, 0.2) is 24.3 Å². The molecular formula is C21H24F2O. The van der Waals surface area contributed by atoms with E-state index in [-0.39, 0.29) is 17.4 Å². The van der Waals surface area contributed by atoms with Gasteiger partial charge in [0.05, 0.1) is 6.61 Å². The van der Waals surface area contributed by atoms with E-state index in [1.54, 1.807) is 6.07 Å². The summed E-state index contributed by atoms with van der Waals surface area (Å²) < 4.78 is 34.8. The average molecular weight is 330 g/mol. The van der Waals surface area contributed by atoms with Gasteiger partial charge >= 0.3 is 0 Å². The summed E-state index contributed by atoms with van der Waals surface area (Å²) in [7, 11) is 0. The van der Waals surface area contributed by atoms with Gasteiger partial charge in [-0.25, -0.2) is 8.78 Å². The number of hydrogen-bond donors (Lipinski definition) is 0. The number of fused-ring (bicyclic) bond motifs is 3. The predicted molar refractivity (Wildman–Crippen MR) is 93.6 cm³/mol. The maximum atomic E-state index is 14.9. The van der Waals surface area contributed by atoms with Crippen LogP contribution in [0.5, 0.6) is 5.75 Å². The Labute approximate surface area is 142 Å². The van der Waals surface area contributed by atoms with E-state index in [2.05, 4.69) is 6.92 Å². The van der Waals surface area contributed by atoms with Crippen LogP contribution in [0.2, 0.25) is 0 Å². The molecule has 0 bridgehead atoms. The second-order valence-corrected chi connectivity index (χ2v) is 6.36. The first-order valence-electron chi connectivity index (χ1n) is 8.92. The van der Waals surface area contributed by atoms with Crippen LogP contribution in [-0.4, -0.2) is 6.61 Å². The molecule has 0 heterocycles. The Morgan fingerprint density at radius 1 is 0.875 bits per heavy atom. The van der Waals surface area contributed by atoms with Gasteiger partial charge in [0.15, 0.2) is 11.6 Å². The largest absolute Gasteiger partial charge is 0.491 e. The molecule has 128 valence electrons. The normalized spacial score (nSPS) is 12.7. The summed E-state index contributed by atoms with van der Waals surface area (Å²) in [6.45, 7) is 4.41. The smallest absolute Gasteiger partial charge is 0.168 e. The van der Waals surface area contributed by atoms with E-state index >= 15 is 0 Å². The molecule has 3 rings (SSSR count). The monoisotopic (exact) mass is 330 g/mol. The minimum absolute atomic E-state index is 0.0939. The summed E-state index contributed by atoms with van der Waals surface area (Å²) in [5, 5.41) is 0. The van der Waals surface area contributed by atoms with Crippen molar-refractivity contribution in [3.63, 3.8) is 0 Å². The lowest BCUT2D eigenvalue weighted by Gasteiger charge is -2.23. The lowest BCUT2D eigenvalue weighted by molar-refractivity contribution is 0.320. The molecule has 0 amide bonds. The van der Waals surface area contributed by atoms with Gasteiger partial charge in [0.2, 0.25) is 0 Å². The fraction of sp³-hybridized carbons (Fsp3) is 0.429. The Morgan fingerprint density at radius 3 is 2.21 bits per heavy atom. The lowest BCUT2D eigenvalue weighted by atomic mass is 9.83. The standard InChI is InChI=1S/C21H24F2O/c1-3-5-6-7-14-8-9-15-16-12-13-19(24-4-2)21(23)18(16)11-10-17(15)20(14)22/h8-9,12-13H,3-7,10-11H2,1-2H3. The molecule has 24 heavy (non-hydrogen) atoms. The van der Waals surface area contributed by atoms with Gasteiger partial charge in [-0.05, 0) is 66.5 Å². The molecule has 0 spiro atoms. The minimum Gasteiger partial charge on any atom is -0.491 e. The van der Waals surface area contributed by atoms with Gasteiger partial charge in [-0.15, -0.1) is 0 Å². The van der Waals surface area contributed by atoms with E-state index < -0.39 is 0 Å². The summed E-state index contributed by atoms with van der Waals surface area (Å²) in [5.74, 6) is -0.104. The maximum Gasteiger partial charge on any atom is 0.168 e. The second kappa shape index (κ2) is 7.33. The van der Waals surface area contributed by atoms with Crippen molar-refractivity contribution in [2.75, 3.05) is 6.61 Å². The Balaban J connectivity index is 1.98. The second-order valence-electron chi connectivity index (χ2n) is 6.36. The summed E-state index contributed by atoms with van der Waals surface area (Å²) in [6, 6.07) is 7.34. The van der Waals surface area contributed by atoms with Crippen molar-refractivity contribution in [3.8, 4) is 16.9 Å². The van der Waals surface area contributed by atoms with Gasteiger partial charge < -0.3 is 4.74 Å². The summed E-state index contributed by atoms with van der Waals surface area (Å²) in [4.78, 5) is 0. The quantitative estimate of drug-likeness (QED) is 0.603. The van der Waals surface area contributed by atoms with Crippen LogP contribution in [0.25, 0.3) is 11.1 Å². The van der Waals surface area contributed by atoms with E-state index in [0.29, 0.717) is 25.0 Å². The van der Waals surface area contributed by atoms with Crippen LogP contribution in [-0.2, 0) is 19.3 Å². The van der Waals surface area contributed by atoms with Crippen molar-refractivity contribution in [2.24, 2.45) is 0 Å². The number of halogens is 2. The first-order valence-corrected chi connectivity index (χ1v) is 8.92. The summed E-state index contributed by atoms with van der Waals surface area (Å²) in [5.41, 5.74) is 3.80. The number of unbranched alkanes of at least 4 members (excludes halogenated alkanes) is 2. The van der Waals surface area contributed by atoms with Crippen molar-refractivity contribution < 1.29 is 13.5 Å². The molecule has 1 aliphatic carbocycles. The van der Waals surface area contributed by atoms with Gasteiger partial charge in [0.1, 0.15) is 5.82 Å². The van der Waals surface area contributed by atoms with Crippen molar-refractivity contribution in [2.45, 2.75) is 52.4 Å². The summed E-state index contributed by atoms with van der Waals surface area (Å²) in [6.07, 6.45) is 5.09. The van der Waals surface area contributed by atoms with Gasteiger partial charge in [-0.3, -0.25) is 0 Å². The zero-order valence-corrected chi connectivity index (χ0v) is 14.4. The third-order valence-electron chi connectivity index (χ3n) is 4.80. The number of ether oxygens (including phenoxy) is 1. The Kier molecular flexibility index (Phi) is 5.17. The summed E-state index contributed by atoms with van der Waals surface area (Å²) >= 11 is 0. The molecule has 0 radical (unpaired) electrons. The molecule has 0 N–H and O–H groups in total. The van der Waals surface area contributed by atoms with E-state index in [4.69, 9.17) is 4.74 Å². The van der Waals surface area contributed by atoms with Crippen LogP contribution < -0.4 is 4.74 Å². The van der Waals surface area contributed by atoms with Gasteiger partial charge in [0, 0.05) is 0 Å². The molecular weight excluding hydrogens is 306 g/mol. The molecule has 0 aliphatic heterocycles.